The molecule has 1 atom stereocenters. The summed E-state index contributed by atoms with van der Waals surface area (Å²) < 4.78 is 13.1. The van der Waals surface area contributed by atoms with E-state index in [1.807, 2.05) is 6.92 Å². The Morgan fingerprint density at radius 1 is 1.57 bits per heavy atom. The number of nitrogens with two attached hydrogens (primary N) is 1. The third-order valence-corrected chi connectivity index (χ3v) is 3.17. The van der Waals surface area contributed by atoms with E-state index in [0.717, 1.165) is 0 Å². The molecule has 1 aromatic rings. The highest BCUT2D eigenvalue weighted by Crippen LogP contribution is 2.36. The molecule has 0 bridgehead atoms. The molecule has 0 aromatic heterocycles. The molecule has 0 aliphatic carbocycles. The number of aromatic hydroxyl groups is 1. The molecule has 1 aromatic carbocycles. The van der Waals surface area contributed by atoms with Crippen LogP contribution < -0.4 is 5.73 Å². The number of hydrogen-bond donors (Lipinski definition) is 2. The van der Waals surface area contributed by atoms with Gasteiger partial charge < -0.3 is 10.8 Å². The molecule has 1 unspecified atom stereocenters. The van der Waals surface area contributed by atoms with Crippen molar-refractivity contribution in [1.82, 2.24) is 0 Å². The van der Waals surface area contributed by atoms with Gasteiger partial charge in [0, 0.05) is 11.1 Å². The van der Waals surface area contributed by atoms with Crippen molar-refractivity contribution in [3.05, 3.63) is 28.0 Å². The lowest BCUT2D eigenvalue weighted by Crippen LogP contribution is -2.32. The molecule has 0 saturated heterocycles. The largest absolute Gasteiger partial charge is 0.506 e. The first-order chi connectivity index (χ1) is 6.40. The number of hydrogen-bond acceptors (Lipinski definition) is 2. The van der Waals surface area contributed by atoms with E-state index < -0.39 is 11.4 Å². The first-order valence-electron chi connectivity index (χ1n) is 4.36. The minimum absolute atomic E-state index is 0.0696. The van der Waals surface area contributed by atoms with E-state index in [2.05, 4.69) is 15.9 Å². The van der Waals surface area contributed by atoms with Crippen molar-refractivity contribution in [3.8, 4) is 5.75 Å². The Morgan fingerprint density at radius 3 is 2.64 bits per heavy atom. The monoisotopic (exact) mass is 261 g/mol. The summed E-state index contributed by atoms with van der Waals surface area (Å²) in [6.07, 6.45) is 0.665. The van der Waals surface area contributed by atoms with E-state index in [4.69, 9.17) is 5.73 Å². The molecule has 4 heteroatoms. The fraction of sp³-hybridized carbons (Fsp3) is 0.400. The van der Waals surface area contributed by atoms with Crippen LogP contribution in [0.15, 0.2) is 16.6 Å². The highest BCUT2D eigenvalue weighted by Gasteiger charge is 2.24. The number of halogens is 2. The van der Waals surface area contributed by atoms with Crippen LogP contribution in [0.25, 0.3) is 0 Å². The van der Waals surface area contributed by atoms with Gasteiger partial charge in [-0.25, -0.2) is 4.39 Å². The topological polar surface area (TPSA) is 46.2 Å². The molecular weight excluding hydrogens is 249 g/mol. The maximum Gasteiger partial charge on any atom is 0.141 e. The SMILES string of the molecule is CCC(C)(N)c1ccc(F)c(Br)c1O. The van der Waals surface area contributed by atoms with Gasteiger partial charge in [0.25, 0.3) is 0 Å². The number of phenolic OH excluding ortho intramolecular Hbond substituents is 1. The first-order valence-corrected chi connectivity index (χ1v) is 5.15. The van der Waals surface area contributed by atoms with Gasteiger partial charge in [-0.15, -0.1) is 0 Å². The second-order valence-electron chi connectivity index (χ2n) is 3.53. The van der Waals surface area contributed by atoms with Gasteiger partial charge in [-0.1, -0.05) is 13.0 Å². The minimum Gasteiger partial charge on any atom is -0.506 e. The summed E-state index contributed by atoms with van der Waals surface area (Å²) in [5.74, 6) is -0.602. The highest BCUT2D eigenvalue weighted by atomic mass is 79.9. The molecule has 78 valence electrons. The fourth-order valence-corrected chi connectivity index (χ4v) is 1.54. The van der Waals surface area contributed by atoms with Gasteiger partial charge in [0.2, 0.25) is 0 Å². The van der Waals surface area contributed by atoms with Crippen LogP contribution >= 0.6 is 15.9 Å². The maximum atomic E-state index is 13.0. The molecule has 0 radical (unpaired) electrons. The molecule has 0 heterocycles. The third kappa shape index (κ3) is 1.91. The lowest BCUT2D eigenvalue weighted by atomic mass is 9.90. The molecule has 1 rings (SSSR count). The first kappa shape index (κ1) is 11.5. The van der Waals surface area contributed by atoms with Crippen molar-refractivity contribution in [2.24, 2.45) is 5.73 Å². The molecule has 0 saturated carbocycles. The van der Waals surface area contributed by atoms with Crippen molar-refractivity contribution in [2.75, 3.05) is 0 Å². The number of rotatable bonds is 2. The van der Waals surface area contributed by atoms with Crippen LogP contribution in [0.5, 0.6) is 5.75 Å². The van der Waals surface area contributed by atoms with E-state index in [0.29, 0.717) is 12.0 Å². The number of benzene rings is 1. The zero-order valence-corrected chi connectivity index (χ0v) is 9.73. The third-order valence-electron chi connectivity index (χ3n) is 2.42. The lowest BCUT2D eigenvalue weighted by Gasteiger charge is -2.24. The molecule has 0 aliphatic rings. The molecule has 0 aliphatic heterocycles. The van der Waals surface area contributed by atoms with E-state index in [1.54, 1.807) is 6.92 Å². The molecule has 0 amide bonds. The smallest absolute Gasteiger partial charge is 0.141 e. The summed E-state index contributed by atoms with van der Waals surface area (Å²) in [6.45, 7) is 3.71. The fourth-order valence-electron chi connectivity index (χ4n) is 1.19. The van der Waals surface area contributed by atoms with Crippen molar-refractivity contribution < 1.29 is 9.50 Å². The molecule has 3 N–H and O–H groups in total. The average Bonchev–Trinajstić information content (AvgIpc) is 2.14. The van der Waals surface area contributed by atoms with Gasteiger partial charge in [-0.3, -0.25) is 0 Å². The van der Waals surface area contributed by atoms with Crippen molar-refractivity contribution >= 4 is 15.9 Å². The van der Waals surface area contributed by atoms with Gasteiger partial charge in [-0.2, -0.15) is 0 Å². The van der Waals surface area contributed by atoms with Gasteiger partial charge in [0.15, 0.2) is 0 Å². The minimum atomic E-state index is -0.639. The van der Waals surface area contributed by atoms with Gasteiger partial charge in [0.1, 0.15) is 11.6 Å². The Kier molecular flexibility index (Phi) is 3.17. The van der Waals surface area contributed by atoms with Crippen LogP contribution in [0.2, 0.25) is 0 Å². The summed E-state index contributed by atoms with van der Waals surface area (Å²) in [6, 6.07) is 2.80. The summed E-state index contributed by atoms with van der Waals surface area (Å²) in [5.41, 5.74) is 5.86. The van der Waals surface area contributed by atoms with Crippen LogP contribution in [-0.4, -0.2) is 5.11 Å². The quantitative estimate of drug-likeness (QED) is 0.860. The molecule has 2 nitrogen and oxygen atoms in total. The van der Waals surface area contributed by atoms with Crippen LogP contribution in [0.1, 0.15) is 25.8 Å². The Labute approximate surface area is 91.1 Å². The van der Waals surface area contributed by atoms with E-state index in [9.17, 15) is 9.50 Å². The predicted octanol–water partition coefficient (Wildman–Crippen LogP) is 2.88. The number of phenols is 1. The van der Waals surface area contributed by atoms with E-state index >= 15 is 0 Å². The molecule has 0 fully saturated rings. The Bertz CT molecular complexity index is 352. The second kappa shape index (κ2) is 3.87. The average molecular weight is 262 g/mol. The maximum absolute atomic E-state index is 13.0. The van der Waals surface area contributed by atoms with Gasteiger partial charge in [-0.05, 0) is 35.3 Å². The van der Waals surface area contributed by atoms with Crippen LogP contribution in [0.3, 0.4) is 0 Å². The van der Waals surface area contributed by atoms with E-state index in [-0.39, 0.29) is 10.2 Å². The summed E-state index contributed by atoms with van der Waals surface area (Å²) >= 11 is 2.97. The van der Waals surface area contributed by atoms with Crippen LogP contribution in [-0.2, 0) is 5.54 Å². The Morgan fingerprint density at radius 2 is 2.14 bits per heavy atom. The zero-order valence-electron chi connectivity index (χ0n) is 8.14. The van der Waals surface area contributed by atoms with Crippen LogP contribution in [0.4, 0.5) is 4.39 Å². The zero-order chi connectivity index (χ0) is 10.9. The summed E-state index contributed by atoms with van der Waals surface area (Å²) in [5, 5.41) is 9.68. The van der Waals surface area contributed by atoms with Gasteiger partial charge in [0.05, 0.1) is 4.47 Å². The Balaban J connectivity index is 3.31. The highest BCUT2D eigenvalue weighted by molar-refractivity contribution is 9.10. The standard InChI is InChI=1S/C10H13BrFNO/c1-3-10(2,13)6-4-5-7(12)8(11)9(6)14/h4-5,14H,3,13H2,1-2H3. The molecular formula is C10H13BrFNO. The molecule has 0 spiro atoms. The van der Waals surface area contributed by atoms with Gasteiger partial charge >= 0.3 is 0 Å². The van der Waals surface area contributed by atoms with E-state index in [1.165, 1.54) is 12.1 Å². The second-order valence-corrected chi connectivity index (χ2v) is 4.32. The lowest BCUT2D eigenvalue weighted by molar-refractivity contribution is 0.410. The Hall–Kier alpha value is -0.610. The molecule has 14 heavy (non-hydrogen) atoms. The summed E-state index contributed by atoms with van der Waals surface area (Å²) in [4.78, 5) is 0. The predicted molar refractivity (Wildman–Crippen MR) is 57.6 cm³/mol. The van der Waals surface area contributed by atoms with Crippen LogP contribution in [0, 0.1) is 5.82 Å². The van der Waals surface area contributed by atoms with Crippen molar-refractivity contribution in [1.29, 1.82) is 0 Å². The van der Waals surface area contributed by atoms with Crippen molar-refractivity contribution in [3.63, 3.8) is 0 Å². The van der Waals surface area contributed by atoms with Crippen molar-refractivity contribution in [2.45, 2.75) is 25.8 Å². The normalized spacial score (nSPS) is 15.2. The summed E-state index contributed by atoms with van der Waals surface area (Å²) in [7, 11) is 0.